The Morgan fingerprint density at radius 2 is 1.89 bits per heavy atom. The van der Waals surface area contributed by atoms with Crippen LogP contribution in [0.2, 0.25) is 0 Å². The van der Waals surface area contributed by atoms with Crippen LogP contribution in [0.1, 0.15) is 72.6 Å². The Morgan fingerprint density at radius 3 is 2.50 bits per heavy atom. The van der Waals surface area contributed by atoms with Crippen LogP contribution in [0.4, 0.5) is 0 Å². The summed E-state index contributed by atoms with van der Waals surface area (Å²) in [6, 6.07) is 0. The summed E-state index contributed by atoms with van der Waals surface area (Å²) in [5.41, 5.74) is 1.72. The first-order chi connectivity index (χ1) is 13.3. The molecule has 0 aromatic heterocycles. The van der Waals surface area contributed by atoms with Gasteiger partial charge in [0.2, 0.25) is 5.91 Å². The highest BCUT2D eigenvalue weighted by molar-refractivity contribution is 5.83. The Balaban J connectivity index is 1.91. The number of carbonyl (C=O) groups is 1. The average Bonchev–Trinajstić information content (AvgIpc) is 2.66. The second kappa shape index (κ2) is 8.20. The van der Waals surface area contributed by atoms with Gasteiger partial charge in [-0.25, -0.2) is 0 Å². The van der Waals surface area contributed by atoms with Gasteiger partial charge >= 0.3 is 0 Å². The maximum atomic E-state index is 13.7. The van der Waals surface area contributed by atoms with Crippen molar-refractivity contribution in [3.8, 4) is 0 Å². The highest BCUT2D eigenvalue weighted by Gasteiger charge is 2.57. The Kier molecular flexibility index (Phi) is 6.27. The molecule has 3 rings (SSSR count). The standard InChI is InChI=1S/C26H41NO/c1-7-16-27(17-8-2)24(28)26(6)15-9-14-25(5)22-12-10-20(19(3)4)18-21(22)11-13-23(25)26/h7-8,11,19-20,22-23H,1-2,9-10,12-18H2,3-6H3/t20?,22-,23+,25+,26+/m0/s1. The van der Waals surface area contributed by atoms with Gasteiger partial charge in [-0.2, -0.15) is 0 Å². The van der Waals surface area contributed by atoms with E-state index >= 15 is 0 Å². The van der Waals surface area contributed by atoms with Crippen LogP contribution < -0.4 is 0 Å². The molecule has 5 atom stereocenters. The van der Waals surface area contributed by atoms with E-state index in [9.17, 15) is 4.79 Å². The lowest BCUT2D eigenvalue weighted by atomic mass is 9.46. The molecule has 2 fully saturated rings. The van der Waals surface area contributed by atoms with Crippen molar-refractivity contribution in [2.24, 2.45) is 34.5 Å². The normalized spacial score (nSPS) is 37.5. The van der Waals surface area contributed by atoms with E-state index in [4.69, 9.17) is 0 Å². The molecule has 156 valence electrons. The minimum absolute atomic E-state index is 0.267. The molecular formula is C26H41NO. The van der Waals surface area contributed by atoms with Gasteiger partial charge in [0, 0.05) is 13.1 Å². The van der Waals surface area contributed by atoms with Crippen LogP contribution in [0.3, 0.4) is 0 Å². The molecule has 2 saturated carbocycles. The van der Waals surface area contributed by atoms with Crippen LogP contribution >= 0.6 is 0 Å². The Hall–Kier alpha value is -1.31. The van der Waals surface area contributed by atoms with Crippen molar-refractivity contribution in [2.75, 3.05) is 13.1 Å². The zero-order valence-corrected chi connectivity index (χ0v) is 18.7. The molecule has 0 spiro atoms. The summed E-state index contributed by atoms with van der Waals surface area (Å²) in [5, 5.41) is 0. The van der Waals surface area contributed by atoms with Crippen LogP contribution in [0.5, 0.6) is 0 Å². The summed E-state index contributed by atoms with van der Waals surface area (Å²) in [6.07, 6.45) is 14.7. The smallest absolute Gasteiger partial charge is 0.229 e. The molecule has 3 aliphatic carbocycles. The molecule has 0 heterocycles. The van der Waals surface area contributed by atoms with Gasteiger partial charge < -0.3 is 4.90 Å². The maximum absolute atomic E-state index is 13.7. The SMILES string of the molecule is C=CCN(CC=C)C(=O)[C@]1(C)CCC[C@@]2(C)[C@H]1CC=C1CC(C(C)C)CC[C@@H]12. The van der Waals surface area contributed by atoms with Gasteiger partial charge in [-0.05, 0) is 67.6 Å². The molecular weight excluding hydrogens is 342 g/mol. The topological polar surface area (TPSA) is 20.3 Å². The predicted molar refractivity (Wildman–Crippen MR) is 119 cm³/mol. The largest absolute Gasteiger partial charge is 0.335 e. The number of allylic oxidation sites excluding steroid dienone is 2. The number of hydrogen-bond donors (Lipinski definition) is 0. The fourth-order valence-electron chi connectivity index (χ4n) is 6.96. The van der Waals surface area contributed by atoms with Gasteiger partial charge in [0.15, 0.2) is 0 Å². The average molecular weight is 384 g/mol. The molecule has 1 amide bonds. The molecule has 28 heavy (non-hydrogen) atoms. The van der Waals surface area contributed by atoms with E-state index in [-0.39, 0.29) is 10.8 Å². The predicted octanol–water partition coefficient (Wildman–Crippen LogP) is 6.40. The van der Waals surface area contributed by atoms with Crippen molar-refractivity contribution in [1.29, 1.82) is 0 Å². The van der Waals surface area contributed by atoms with Crippen LogP contribution in [0, 0.1) is 34.5 Å². The monoisotopic (exact) mass is 383 g/mol. The van der Waals surface area contributed by atoms with Crippen LogP contribution in [-0.2, 0) is 4.79 Å². The van der Waals surface area contributed by atoms with E-state index in [0.717, 1.165) is 24.7 Å². The van der Waals surface area contributed by atoms with Crippen LogP contribution in [0.15, 0.2) is 37.0 Å². The second-order valence-corrected chi connectivity index (χ2v) is 10.5. The van der Waals surface area contributed by atoms with E-state index < -0.39 is 0 Å². The third-order valence-corrected chi connectivity index (χ3v) is 8.58. The molecule has 0 radical (unpaired) electrons. The van der Waals surface area contributed by atoms with Gasteiger partial charge in [0.1, 0.15) is 0 Å². The first-order valence-corrected chi connectivity index (χ1v) is 11.5. The lowest BCUT2D eigenvalue weighted by molar-refractivity contribution is -0.155. The highest BCUT2D eigenvalue weighted by Crippen LogP contribution is 2.63. The van der Waals surface area contributed by atoms with Gasteiger partial charge in [-0.3, -0.25) is 4.79 Å². The van der Waals surface area contributed by atoms with Crippen molar-refractivity contribution in [3.63, 3.8) is 0 Å². The number of rotatable bonds is 6. The fourth-order valence-corrected chi connectivity index (χ4v) is 6.96. The number of hydrogen-bond acceptors (Lipinski definition) is 1. The van der Waals surface area contributed by atoms with Crippen molar-refractivity contribution in [2.45, 2.75) is 72.6 Å². The number of amides is 1. The Morgan fingerprint density at radius 1 is 1.21 bits per heavy atom. The van der Waals surface area contributed by atoms with Crippen LogP contribution in [0.25, 0.3) is 0 Å². The third-order valence-electron chi connectivity index (χ3n) is 8.58. The summed E-state index contributed by atoms with van der Waals surface area (Å²) in [6.45, 7) is 18.5. The molecule has 3 aliphatic rings. The Labute approximate surface area is 173 Å². The molecule has 0 aromatic carbocycles. The van der Waals surface area contributed by atoms with E-state index in [1.54, 1.807) is 5.57 Å². The zero-order chi connectivity index (χ0) is 20.5. The van der Waals surface area contributed by atoms with E-state index in [1.165, 1.54) is 32.1 Å². The minimum atomic E-state index is -0.268. The third kappa shape index (κ3) is 3.53. The number of carbonyl (C=O) groups excluding carboxylic acids is 1. The van der Waals surface area contributed by atoms with E-state index in [1.807, 2.05) is 17.1 Å². The van der Waals surface area contributed by atoms with Gasteiger partial charge in [-0.1, -0.05) is 57.9 Å². The van der Waals surface area contributed by atoms with Gasteiger partial charge in [-0.15, -0.1) is 13.2 Å². The summed E-state index contributed by atoms with van der Waals surface area (Å²) in [5.74, 6) is 3.06. The molecule has 0 saturated heterocycles. The molecule has 0 aromatic rings. The fraction of sp³-hybridized carbons (Fsp3) is 0.731. The van der Waals surface area contributed by atoms with E-state index in [2.05, 4.69) is 46.9 Å². The zero-order valence-electron chi connectivity index (χ0n) is 18.7. The number of fused-ring (bicyclic) bond motifs is 3. The molecule has 1 unspecified atom stereocenters. The molecule has 0 aliphatic heterocycles. The molecule has 0 N–H and O–H groups in total. The van der Waals surface area contributed by atoms with Crippen molar-refractivity contribution in [3.05, 3.63) is 37.0 Å². The second-order valence-electron chi connectivity index (χ2n) is 10.5. The minimum Gasteiger partial charge on any atom is -0.335 e. The van der Waals surface area contributed by atoms with Gasteiger partial charge in [0.25, 0.3) is 0 Å². The number of nitrogens with zero attached hydrogens (tertiary/aromatic N) is 1. The van der Waals surface area contributed by atoms with Crippen molar-refractivity contribution < 1.29 is 4.79 Å². The summed E-state index contributed by atoms with van der Waals surface area (Å²) >= 11 is 0. The van der Waals surface area contributed by atoms with Crippen LogP contribution in [-0.4, -0.2) is 23.9 Å². The summed E-state index contributed by atoms with van der Waals surface area (Å²) in [4.78, 5) is 15.7. The quantitative estimate of drug-likeness (QED) is 0.486. The molecule has 2 nitrogen and oxygen atoms in total. The first kappa shape index (κ1) is 21.4. The lowest BCUT2D eigenvalue weighted by Crippen LogP contribution is -2.56. The van der Waals surface area contributed by atoms with Crippen molar-refractivity contribution >= 4 is 5.91 Å². The maximum Gasteiger partial charge on any atom is 0.229 e. The van der Waals surface area contributed by atoms with Gasteiger partial charge in [0.05, 0.1) is 5.41 Å². The Bertz CT molecular complexity index is 637. The van der Waals surface area contributed by atoms with E-state index in [0.29, 0.717) is 30.8 Å². The molecule has 0 bridgehead atoms. The first-order valence-electron chi connectivity index (χ1n) is 11.5. The lowest BCUT2D eigenvalue weighted by Gasteiger charge is -2.59. The summed E-state index contributed by atoms with van der Waals surface area (Å²) < 4.78 is 0. The molecule has 2 heteroatoms. The summed E-state index contributed by atoms with van der Waals surface area (Å²) in [7, 11) is 0. The highest BCUT2D eigenvalue weighted by atomic mass is 16.2. The van der Waals surface area contributed by atoms with Crippen molar-refractivity contribution in [1.82, 2.24) is 4.90 Å².